The Hall–Kier alpha value is -3.67. The second-order valence-corrected chi connectivity index (χ2v) is 6.57. The third-order valence-electron chi connectivity index (χ3n) is 4.69. The lowest BCUT2D eigenvalue weighted by molar-refractivity contribution is 0.414. The number of aryl methyl sites for hydroxylation is 1. The van der Waals surface area contributed by atoms with Gasteiger partial charge < -0.3 is 4.74 Å². The van der Waals surface area contributed by atoms with Crippen molar-refractivity contribution in [2.24, 2.45) is 0 Å². The molecule has 0 bridgehead atoms. The normalized spacial score (nSPS) is 10.9. The van der Waals surface area contributed by atoms with E-state index in [0.29, 0.717) is 22.5 Å². The van der Waals surface area contributed by atoms with Gasteiger partial charge in [0.25, 0.3) is 5.56 Å². The number of hydrogen-bond donors (Lipinski definition) is 0. The molecule has 2 heterocycles. The maximum absolute atomic E-state index is 13.3. The summed E-state index contributed by atoms with van der Waals surface area (Å²) in [4.78, 5) is 30.6. The third-order valence-corrected chi connectivity index (χ3v) is 4.69. The number of nitrogens with zero attached hydrogens (tertiary/aromatic N) is 3. The summed E-state index contributed by atoms with van der Waals surface area (Å²) in [6, 6.07) is 18.2. The van der Waals surface area contributed by atoms with Crippen LogP contribution in [0, 0.1) is 6.92 Å². The highest BCUT2D eigenvalue weighted by molar-refractivity contribution is 5.75. The molecule has 6 heteroatoms. The molecule has 0 fully saturated rings. The molecule has 0 amide bonds. The van der Waals surface area contributed by atoms with E-state index in [4.69, 9.17) is 4.74 Å². The van der Waals surface area contributed by atoms with Crippen molar-refractivity contribution >= 4 is 11.0 Å². The molecule has 0 atom stereocenters. The van der Waals surface area contributed by atoms with Crippen LogP contribution in [0.1, 0.15) is 11.1 Å². The first-order chi connectivity index (χ1) is 13.6. The number of methoxy groups -OCH3 is 1. The average molecular weight is 373 g/mol. The predicted octanol–water partition coefficient (Wildman–Crippen LogP) is 2.91. The van der Waals surface area contributed by atoms with Crippen LogP contribution in [0.15, 0.2) is 76.4 Å². The van der Waals surface area contributed by atoms with Gasteiger partial charge in [-0.3, -0.25) is 9.36 Å². The standard InChI is InChI=1S/C22H19N3O3/c1-15-5-7-16(8-6-15)14-24-21(26)19-4-3-13-23-20(19)25(22(24)27)17-9-11-18(28-2)12-10-17/h3-13H,14H2,1-2H3. The van der Waals surface area contributed by atoms with Crippen LogP contribution in [0.2, 0.25) is 0 Å². The molecule has 28 heavy (non-hydrogen) atoms. The van der Waals surface area contributed by atoms with Gasteiger partial charge in [0.15, 0.2) is 5.65 Å². The molecule has 2 aromatic carbocycles. The van der Waals surface area contributed by atoms with Gasteiger partial charge in [-0.15, -0.1) is 0 Å². The van der Waals surface area contributed by atoms with Crippen LogP contribution >= 0.6 is 0 Å². The minimum atomic E-state index is -0.429. The van der Waals surface area contributed by atoms with Crippen molar-refractivity contribution in [1.29, 1.82) is 0 Å². The molecular formula is C22H19N3O3. The maximum Gasteiger partial charge on any atom is 0.337 e. The Morgan fingerprint density at radius 1 is 0.964 bits per heavy atom. The van der Waals surface area contributed by atoms with Gasteiger partial charge in [-0.2, -0.15) is 0 Å². The van der Waals surface area contributed by atoms with Crippen LogP contribution < -0.4 is 16.0 Å². The largest absolute Gasteiger partial charge is 0.497 e. The van der Waals surface area contributed by atoms with Gasteiger partial charge in [0.05, 0.1) is 24.7 Å². The number of rotatable bonds is 4. The highest BCUT2D eigenvalue weighted by Gasteiger charge is 2.15. The van der Waals surface area contributed by atoms with Gasteiger partial charge in [-0.05, 0) is 48.9 Å². The summed E-state index contributed by atoms with van der Waals surface area (Å²) in [6.07, 6.45) is 1.57. The molecule has 2 aromatic heterocycles. The van der Waals surface area contributed by atoms with Crippen LogP contribution in [-0.2, 0) is 6.54 Å². The van der Waals surface area contributed by atoms with Gasteiger partial charge in [0.1, 0.15) is 5.75 Å². The van der Waals surface area contributed by atoms with E-state index in [0.717, 1.165) is 11.1 Å². The van der Waals surface area contributed by atoms with Crippen molar-refractivity contribution in [1.82, 2.24) is 14.1 Å². The summed E-state index contributed by atoms with van der Waals surface area (Å²) < 4.78 is 7.91. The Kier molecular flexibility index (Phi) is 4.53. The van der Waals surface area contributed by atoms with Crippen molar-refractivity contribution in [3.8, 4) is 11.4 Å². The van der Waals surface area contributed by atoms with Crippen LogP contribution in [0.5, 0.6) is 5.75 Å². The van der Waals surface area contributed by atoms with E-state index in [1.165, 1.54) is 9.13 Å². The van der Waals surface area contributed by atoms with Crippen molar-refractivity contribution in [2.45, 2.75) is 13.5 Å². The summed E-state index contributed by atoms with van der Waals surface area (Å²) in [5, 5.41) is 0.394. The number of ether oxygens (including phenoxy) is 1. The van der Waals surface area contributed by atoms with Crippen molar-refractivity contribution < 1.29 is 4.74 Å². The fourth-order valence-corrected chi connectivity index (χ4v) is 3.17. The lowest BCUT2D eigenvalue weighted by atomic mass is 10.1. The molecule has 0 saturated heterocycles. The molecular weight excluding hydrogens is 354 g/mol. The summed E-state index contributed by atoms with van der Waals surface area (Å²) in [7, 11) is 1.58. The first kappa shape index (κ1) is 17.7. The third kappa shape index (κ3) is 3.09. The Labute approximate surface area is 161 Å². The number of fused-ring (bicyclic) bond motifs is 1. The SMILES string of the molecule is COc1ccc(-n2c(=O)n(Cc3ccc(C)cc3)c(=O)c3cccnc32)cc1. The Morgan fingerprint density at radius 3 is 2.36 bits per heavy atom. The predicted molar refractivity (Wildman–Crippen MR) is 108 cm³/mol. The Balaban J connectivity index is 1.96. The quantitative estimate of drug-likeness (QED) is 0.552. The van der Waals surface area contributed by atoms with E-state index >= 15 is 0 Å². The van der Waals surface area contributed by atoms with Crippen LogP contribution in [-0.4, -0.2) is 21.2 Å². The highest BCUT2D eigenvalue weighted by atomic mass is 16.5. The summed E-state index contributed by atoms with van der Waals surface area (Å²) in [5.41, 5.74) is 2.18. The monoisotopic (exact) mass is 373 g/mol. The van der Waals surface area contributed by atoms with Gasteiger partial charge in [0.2, 0.25) is 0 Å². The topological polar surface area (TPSA) is 66.1 Å². The minimum absolute atomic E-state index is 0.193. The highest BCUT2D eigenvalue weighted by Crippen LogP contribution is 2.16. The lowest BCUT2D eigenvalue weighted by Crippen LogP contribution is -2.40. The molecule has 0 saturated carbocycles. The zero-order chi connectivity index (χ0) is 19.7. The molecule has 0 aliphatic rings. The van der Waals surface area contributed by atoms with Crippen LogP contribution in [0.25, 0.3) is 16.7 Å². The average Bonchev–Trinajstić information content (AvgIpc) is 2.73. The smallest absolute Gasteiger partial charge is 0.337 e. The van der Waals surface area contributed by atoms with E-state index in [1.807, 2.05) is 31.2 Å². The first-order valence-electron chi connectivity index (χ1n) is 8.89. The number of benzene rings is 2. The minimum Gasteiger partial charge on any atom is -0.497 e. The summed E-state index contributed by atoms with van der Waals surface area (Å²) >= 11 is 0. The molecule has 4 aromatic rings. The second-order valence-electron chi connectivity index (χ2n) is 6.57. The molecule has 0 radical (unpaired) electrons. The summed E-state index contributed by atoms with van der Waals surface area (Å²) in [5.74, 6) is 0.682. The molecule has 4 rings (SSSR count). The van der Waals surface area contributed by atoms with E-state index in [-0.39, 0.29) is 12.1 Å². The Bertz CT molecular complexity index is 1250. The van der Waals surface area contributed by atoms with Crippen LogP contribution in [0.4, 0.5) is 0 Å². The fourth-order valence-electron chi connectivity index (χ4n) is 3.17. The van der Waals surface area contributed by atoms with Crippen LogP contribution in [0.3, 0.4) is 0 Å². The van der Waals surface area contributed by atoms with Gasteiger partial charge in [-0.1, -0.05) is 29.8 Å². The number of hydrogen-bond acceptors (Lipinski definition) is 4. The zero-order valence-electron chi connectivity index (χ0n) is 15.6. The van der Waals surface area contributed by atoms with Crippen molar-refractivity contribution in [2.75, 3.05) is 7.11 Å². The maximum atomic E-state index is 13.3. The zero-order valence-corrected chi connectivity index (χ0v) is 15.6. The molecule has 0 spiro atoms. The molecule has 140 valence electrons. The number of aromatic nitrogens is 3. The van der Waals surface area contributed by atoms with Gasteiger partial charge in [0, 0.05) is 6.20 Å². The number of pyridine rings is 1. The van der Waals surface area contributed by atoms with E-state index in [9.17, 15) is 9.59 Å². The Morgan fingerprint density at radius 2 is 1.68 bits per heavy atom. The van der Waals surface area contributed by atoms with Crippen molar-refractivity contribution in [3.63, 3.8) is 0 Å². The van der Waals surface area contributed by atoms with E-state index < -0.39 is 5.69 Å². The molecule has 0 unspecified atom stereocenters. The summed E-state index contributed by atoms with van der Waals surface area (Å²) in [6.45, 7) is 2.19. The van der Waals surface area contributed by atoms with Gasteiger partial charge in [-0.25, -0.2) is 14.3 Å². The molecule has 0 N–H and O–H groups in total. The van der Waals surface area contributed by atoms with Crippen molar-refractivity contribution in [3.05, 3.63) is 98.8 Å². The lowest BCUT2D eigenvalue weighted by Gasteiger charge is -2.14. The fraction of sp³-hybridized carbons (Fsp3) is 0.136. The molecule has 0 aliphatic heterocycles. The second kappa shape index (κ2) is 7.15. The molecule has 6 nitrogen and oxygen atoms in total. The van der Waals surface area contributed by atoms with Gasteiger partial charge >= 0.3 is 5.69 Å². The molecule has 0 aliphatic carbocycles. The van der Waals surface area contributed by atoms with E-state index in [2.05, 4.69) is 4.98 Å². The van der Waals surface area contributed by atoms with E-state index in [1.54, 1.807) is 49.7 Å². The first-order valence-corrected chi connectivity index (χ1v) is 8.89.